The lowest BCUT2D eigenvalue weighted by Crippen LogP contribution is -2.35. The second-order valence-electron chi connectivity index (χ2n) is 6.39. The first-order valence-corrected chi connectivity index (χ1v) is 8.52. The number of aryl methyl sites for hydroxylation is 1. The number of hydrogen-bond acceptors (Lipinski definition) is 3. The van der Waals surface area contributed by atoms with Crippen LogP contribution in [0.4, 0.5) is 4.39 Å². The highest BCUT2D eigenvalue weighted by atomic mass is 19.1. The molecule has 1 saturated heterocycles. The molecule has 3 aromatic rings. The van der Waals surface area contributed by atoms with Crippen molar-refractivity contribution < 1.29 is 9.18 Å². The van der Waals surface area contributed by atoms with E-state index in [1.54, 1.807) is 42.2 Å². The van der Waals surface area contributed by atoms with E-state index in [0.29, 0.717) is 27.9 Å². The molecule has 0 radical (unpaired) electrons. The van der Waals surface area contributed by atoms with Crippen molar-refractivity contribution in [2.45, 2.75) is 19.3 Å². The molecule has 5 nitrogen and oxygen atoms in total. The molecule has 1 aromatic carbocycles. The van der Waals surface area contributed by atoms with Gasteiger partial charge in [-0.2, -0.15) is 5.10 Å². The van der Waals surface area contributed by atoms with Gasteiger partial charge in [0.05, 0.1) is 22.8 Å². The number of benzene rings is 1. The molecule has 1 amide bonds. The van der Waals surface area contributed by atoms with E-state index >= 15 is 0 Å². The highest BCUT2D eigenvalue weighted by Crippen LogP contribution is 2.27. The molecule has 0 saturated carbocycles. The number of nitrogens with zero attached hydrogens (tertiary/aromatic N) is 4. The molecule has 3 heterocycles. The highest BCUT2D eigenvalue weighted by molar-refractivity contribution is 6.06. The van der Waals surface area contributed by atoms with Gasteiger partial charge in [0.2, 0.25) is 0 Å². The number of halogens is 1. The number of carbonyl (C=O) groups excluding carboxylic acids is 1. The van der Waals surface area contributed by atoms with Crippen molar-refractivity contribution in [3.63, 3.8) is 0 Å². The van der Waals surface area contributed by atoms with E-state index in [4.69, 9.17) is 0 Å². The van der Waals surface area contributed by atoms with Crippen LogP contribution in [0, 0.1) is 5.82 Å². The third kappa shape index (κ3) is 2.77. The molecule has 0 bridgehead atoms. The predicted octanol–water partition coefficient (Wildman–Crippen LogP) is 3.40. The molecule has 0 aliphatic carbocycles. The maximum atomic E-state index is 14.2. The Morgan fingerprint density at radius 1 is 1.16 bits per heavy atom. The SMILES string of the molecule is Cn1ncc2c(C(=O)N3CCCCC3)cc(-c3ccccc3F)nc21. The molecule has 1 aliphatic heterocycles. The third-order valence-electron chi connectivity index (χ3n) is 4.73. The largest absolute Gasteiger partial charge is 0.339 e. The molecule has 6 heteroatoms. The van der Waals surface area contributed by atoms with Gasteiger partial charge in [-0.25, -0.2) is 9.37 Å². The molecular formula is C19H19FN4O. The van der Waals surface area contributed by atoms with Crippen molar-refractivity contribution in [3.8, 4) is 11.3 Å². The van der Waals surface area contributed by atoms with Crippen LogP contribution in [0.15, 0.2) is 36.5 Å². The fourth-order valence-corrected chi connectivity index (χ4v) is 3.37. The number of hydrogen-bond donors (Lipinski definition) is 0. The van der Waals surface area contributed by atoms with E-state index in [1.165, 1.54) is 6.07 Å². The van der Waals surface area contributed by atoms with Gasteiger partial charge in [0.15, 0.2) is 5.65 Å². The Kier molecular flexibility index (Phi) is 3.95. The molecule has 2 aromatic heterocycles. The molecule has 25 heavy (non-hydrogen) atoms. The summed E-state index contributed by atoms with van der Waals surface area (Å²) in [7, 11) is 1.77. The van der Waals surface area contributed by atoms with Gasteiger partial charge < -0.3 is 4.90 Å². The lowest BCUT2D eigenvalue weighted by Gasteiger charge is -2.27. The topological polar surface area (TPSA) is 51.0 Å². The lowest BCUT2D eigenvalue weighted by atomic mass is 10.0. The molecular weight excluding hydrogens is 319 g/mol. The van der Waals surface area contributed by atoms with Crippen LogP contribution in [0.3, 0.4) is 0 Å². The smallest absolute Gasteiger partial charge is 0.254 e. The van der Waals surface area contributed by atoms with Crippen LogP contribution in [0.5, 0.6) is 0 Å². The minimum Gasteiger partial charge on any atom is -0.339 e. The van der Waals surface area contributed by atoms with E-state index < -0.39 is 0 Å². The molecule has 0 N–H and O–H groups in total. The summed E-state index contributed by atoms with van der Waals surface area (Å²) in [5, 5.41) is 4.94. The van der Waals surface area contributed by atoms with Gasteiger partial charge >= 0.3 is 0 Å². The second-order valence-corrected chi connectivity index (χ2v) is 6.39. The van der Waals surface area contributed by atoms with Gasteiger partial charge in [0.25, 0.3) is 5.91 Å². The monoisotopic (exact) mass is 338 g/mol. The second kappa shape index (κ2) is 6.27. The summed E-state index contributed by atoms with van der Waals surface area (Å²) in [6.45, 7) is 1.52. The average molecular weight is 338 g/mol. The van der Waals surface area contributed by atoms with Crippen molar-refractivity contribution in [2.24, 2.45) is 7.05 Å². The highest BCUT2D eigenvalue weighted by Gasteiger charge is 2.23. The zero-order valence-corrected chi connectivity index (χ0v) is 14.1. The summed E-state index contributed by atoms with van der Waals surface area (Å²) in [5.41, 5.74) is 1.97. The Morgan fingerprint density at radius 3 is 2.68 bits per heavy atom. The summed E-state index contributed by atoms with van der Waals surface area (Å²) in [5.74, 6) is -0.384. The number of rotatable bonds is 2. The minimum absolute atomic E-state index is 0.0299. The number of amides is 1. The van der Waals surface area contributed by atoms with Gasteiger partial charge in [-0.15, -0.1) is 0 Å². The van der Waals surface area contributed by atoms with Crippen molar-refractivity contribution >= 4 is 16.9 Å². The maximum absolute atomic E-state index is 14.2. The zero-order valence-electron chi connectivity index (χ0n) is 14.1. The molecule has 0 unspecified atom stereocenters. The lowest BCUT2D eigenvalue weighted by molar-refractivity contribution is 0.0726. The first-order chi connectivity index (χ1) is 12.1. The molecule has 0 spiro atoms. The normalized spacial score (nSPS) is 14.9. The van der Waals surface area contributed by atoms with Gasteiger partial charge in [-0.1, -0.05) is 12.1 Å². The van der Waals surface area contributed by atoms with Crippen molar-refractivity contribution in [2.75, 3.05) is 13.1 Å². The number of carbonyl (C=O) groups is 1. The Bertz CT molecular complexity index is 944. The Morgan fingerprint density at radius 2 is 1.92 bits per heavy atom. The van der Waals surface area contributed by atoms with E-state index in [9.17, 15) is 9.18 Å². The molecule has 4 rings (SSSR count). The van der Waals surface area contributed by atoms with E-state index in [0.717, 1.165) is 32.4 Å². The first-order valence-electron chi connectivity index (χ1n) is 8.52. The maximum Gasteiger partial charge on any atom is 0.254 e. The van der Waals surface area contributed by atoms with Crippen LogP contribution >= 0.6 is 0 Å². The summed E-state index contributed by atoms with van der Waals surface area (Å²) < 4.78 is 15.8. The van der Waals surface area contributed by atoms with Crippen LogP contribution in [0.25, 0.3) is 22.3 Å². The minimum atomic E-state index is -0.354. The summed E-state index contributed by atoms with van der Waals surface area (Å²) in [6.07, 6.45) is 4.86. The number of aromatic nitrogens is 3. The van der Waals surface area contributed by atoms with Crippen molar-refractivity contribution in [3.05, 3.63) is 47.9 Å². The Hall–Kier alpha value is -2.76. The summed E-state index contributed by atoms with van der Waals surface area (Å²) in [6, 6.07) is 8.17. The predicted molar refractivity (Wildman–Crippen MR) is 93.7 cm³/mol. The van der Waals surface area contributed by atoms with Gasteiger partial charge in [0, 0.05) is 25.7 Å². The Labute approximate surface area is 145 Å². The van der Waals surface area contributed by atoms with Gasteiger partial charge in [-0.3, -0.25) is 9.48 Å². The average Bonchev–Trinajstić information content (AvgIpc) is 3.02. The van der Waals surface area contributed by atoms with Crippen LogP contribution < -0.4 is 0 Å². The number of likely N-dealkylation sites (tertiary alicyclic amines) is 1. The zero-order chi connectivity index (χ0) is 17.4. The molecule has 1 aliphatic rings. The quantitative estimate of drug-likeness (QED) is 0.719. The summed E-state index contributed by atoms with van der Waals surface area (Å²) in [4.78, 5) is 19.5. The van der Waals surface area contributed by atoms with Crippen molar-refractivity contribution in [1.29, 1.82) is 0 Å². The first kappa shape index (κ1) is 15.7. The van der Waals surface area contributed by atoms with Crippen LogP contribution in [-0.4, -0.2) is 38.7 Å². The fraction of sp³-hybridized carbons (Fsp3) is 0.316. The Balaban J connectivity index is 1.88. The van der Waals surface area contributed by atoms with E-state index in [-0.39, 0.29) is 11.7 Å². The fourth-order valence-electron chi connectivity index (χ4n) is 3.37. The van der Waals surface area contributed by atoms with Gasteiger partial charge in [0.1, 0.15) is 5.82 Å². The number of fused-ring (bicyclic) bond motifs is 1. The van der Waals surface area contributed by atoms with Crippen LogP contribution in [0.2, 0.25) is 0 Å². The summed E-state index contributed by atoms with van der Waals surface area (Å²) >= 11 is 0. The molecule has 128 valence electrons. The number of piperidine rings is 1. The van der Waals surface area contributed by atoms with Crippen LogP contribution in [0.1, 0.15) is 29.6 Å². The van der Waals surface area contributed by atoms with Crippen molar-refractivity contribution in [1.82, 2.24) is 19.7 Å². The van der Waals surface area contributed by atoms with E-state index in [2.05, 4.69) is 10.1 Å². The van der Waals surface area contributed by atoms with Crippen LogP contribution in [-0.2, 0) is 7.05 Å². The molecule has 0 atom stereocenters. The number of pyridine rings is 1. The van der Waals surface area contributed by atoms with Gasteiger partial charge in [-0.05, 0) is 37.5 Å². The molecule has 1 fully saturated rings. The standard InChI is InChI=1S/C19H19FN4O/c1-23-18-15(12-21-23)14(19(25)24-9-5-2-6-10-24)11-17(22-18)13-7-3-4-8-16(13)20/h3-4,7-8,11-12H,2,5-6,9-10H2,1H3. The third-order valence-corrected chi connectivity index (χ3v) is 4.73. The van der Waals surface area contributed by atoms with E-state index in [1.807, 2.05) is 4.90 Å².